The Morgan fingerprint density at radius 2 is 1.72 bits per heavy atom. The Labute approximate surface area is 210 Å². The molecule has 0 bridgehead atoms. The van der Waals surface area contributed by atoms with Crippen LogP contribution < -0.4 is 5.32 Å². The van der Waals surface area contributed by atoms with E-state index in [1.807, 2.05) is 46.3 Å². The summed E-state index contributed by atoms with van der Waals surface area (Å²) in [6.07, 6.45) is 1.51. The van der Waals surface area contributed by atoms with Crippen LogP contribution in [0.2, 0.25) is 0 Å². The molecule has 0 saturated carbocycles. The molecule has 1 fully saturated rings. The van der Waals surface area contributed by atoms with Crippen molar-refractivity contribution in [2.45, 2.75) is 13.0 Å². The molecule has 1 aromatic heterocycles. The third-order valence-electron chi connectivity index (χ3n) is 6.24. The summed E-state index contributed by atoms with van der Waals surface area (Å²) in [5.74, 6) is -1.46. The summed E-state index contributed by atoms with van der Waals surface area (Å²) in [7, 11) is 5.78. The first-order chi connectivity index (χ1) is 17.0. The average molecular weight is 491 g/mol. The van der Waals surface area contributed by atoms with Crippen molar-refractivity contribution >= 4 is 40.1 Å². The van der Waals surface area contributed by atoms with Gasteiger partial charge in [0.25, 0.3) is 23.5 Å². The van der Waals surface area contributed by atoms with Gasteiger partial charge in [-0.15, -0.1) is 0 Å². The maximum atomic E-state index is 13.2. The number of piperazine rings is 1. The summed E-state index contributed by atoms with van der Waals surface area (Å²) in [5.41, 5.74) is 2.00. The molecule has 4 rings (SSSR count). The van der Waals surface area contributed by atoms with E-state index in [2.05, 4.69) is 10.3 Å². The summed E-state index contributed by atoms with van der Waals surface area (Å²) in [4.78, 5) is 58.0. The molecular formula is C27H32N5O4+. The van der Waals surface area contributed by atoms with Crippen LogP contribution in [0, 0.1) is 0 Å². The Morgan fingerprint density at radius 1 is 1.00 bits per heavy atom. The maximum Gasteiger partial charge on any atom is 0.295 e. The quantitative estimate of drug-likeness (QED) is 0.315. The monoisotopic (exact) mass is 490 g/mol. The van der Waals surface area contributed by atoms with E-state index < -0.39 is 11.7 Å². The van der Waals surface area contributed by atoms with Crippen molar-refractivity contribution in [3.63, 3.8) is 0 Å². The molecule has 9 heteroatoms. The van der Waals surface area contributed by atoms with Crippen LogP contribution in [0.3, 0.4) is 0 Å². The van der Waals surface area contributed by atoms with Crippen LogP contribution in [0.4, 0.5) is 5.69 Å². The fourth-order valence-electron chi connectivity index (χ4n) is 4.52. The number of benzene rings is 2. The summed E-state index contributed by atoms with van der Waals surface area (Å²) in [6.45, 7) is 3.11. The number of nitrogens with one attached hydrogen (secondary N) is 2. The number of aromatic nitrogens is 1. The first-order valence-electron chi connectivity index (χ1n) is 11.9. The highest BCUT2D eigenvalue weighted by molar-refractivity contribution is 6.45. The number of anilines is 1. The predicted molar refractivity (Wildman–Crippen MR) is 138 cm³/mol. The van der Waals surface area contributed by atoms with Gasteiger partial charge in [0.1, 0.15) is 0 Å². The molecule has 36 heavy (non-hydrogen) atoms. The van der Waals surface area contributed by atoms with Gasteiger partial charge in [-0.3, -0.25) is 19.2 Å². The van der Waals surface area contributed by atoms with Crippen LogP contribution in [-0.4, -0.2) is 96.1 Å². The standard InChI is InChI=1S/C27H31N5O4/c1-18-16-30(26(35)19-9-6-5-7-10-19)13-14-31(18)27(36)25(34)21-15-28-24-20(21)11-8-12-22(24)29-23(33)17-32(2,3)4/h5-12,15,18H,13-14,16-17H2,1-4H3,(H-,28,29,33,34,36)/p+1. The Morgan fingerprint density at radius 3 is 2.39 bits per heavy atom. The number of amides is 3. The van der Waals surface area contributed by atoms with Crippen molar-refractivity contribution < 1.29 is 23.7 Å². The number of carbonyl (C=O) groups excluding carboxylic acids is 4. The van der Waals surface area contributed by atoms with Gasteiger partial charge in [-0.2, -0.15) is 0 Å². The minimum Gasteiger partial charge on any atom is -0.359 e. The van der Waals surface area contributed by atoms with E-state index >= 15 is 0 Å². The van der Waals surface area contributed by atoms with Gasteiger partial charge in [0, 0.05) is 42.8 Å². The molecule has 9 nitrogen and oxygen atoms in total. The van der Waals surface area contributed by atoms with Gasteiger partial charge >= 0.3 is 0 Å². The normalized spacial score (nSPS) is 16.2. The number of H-pyrrole nitrogens is 1. The third-order valence-corrected chi connectivity index (χ3v) is 6.24. The molecule has 0 radical (unpaired) electrons. The minimum absolute atomic E-state index is 0.0858. The highest BCUT2D eigenvalue weighted by Crippen LogP contribution is 2.27. The molecule has 0 spiro atoms. The number of likely N-dealkylation sites (N-methyl/N-ethyl adjacent to an activating group) is 1. The van der Waals surface area contributed by atoms with Crippen LogP contribution >= 0.6 is 0 Å². The van der Waals surface area contributed by atoms with Crippen molar-refractivity contribution in [1.82, 2.24) is 14.8 Å². The van der Waals surface area contributed by atoms with E-state index in [4.69, 9.17) is 0 Å². The highest BCUT2D eigenvalue weighted by Gasteiger charge is 2.34. The van der Waals surface area contributed by atoms with Gasteiger partial charge in [0.15, 0.2) is 6.54 Å². The van der Waals surface area contributed by atoms with Crippen molar-refractivity contribution in [1.29, 1.82) is 0 Å². The van der Waals surface area contributed by atoms with E-state index in [1.54, 1.807) is 35.2 Å². The molecule has 188 valence electrons. The van der Waals surface area contributed by atoms with E-state index in [0.717, 1.165) is 0 Å². The van der Waals surface area contributed by atoms with Crippen molar-refractivity contribution in [2.75, 3.05) is 52.6 Å². The summed E-state index contributed by atoms with van der Waals surface area (Å²) in [5, 5.41) is 3.46. The number of ketones is 1. The number of fused-ring (bicyclic) bond motifs is 1. The largest absolute Gasteiger partial charge is 0.359 e. The van der Waals surface area contributed by atoms with Crippen LogP contribution in [-0.2, 0) is 9.59 Å². The van der Waals surface area contributed by atoms with Crippen LogP contribution in [0.1, 0.15) is 27.6 Å². The number of quaternary nitrogens is 1. The van der Waals surface area contributed by atoms with Crippen molar-refractivity contribution in [3.8, 4) is 0 Å². The number of hydrogen-bond acceptors (Lipinski definition) is 4. The van der Waals surface area contributed by atoms with Crippen LogP contribution in [0.25, 0.3) is 10.9 Å². The van der Waals surface area contributed by atoms with Gasteiger partial charge in [-0.05, 0) is 25.1 Å². The lowest BCUT2D eigenvalue weighted by Crippen LogP contribution is -2.56. The van der Waals surface area contributed by atoms with Gasteiger partial charge < -0.3 is 24.6 Å². The topological polar surface area (TPSA) is 103 Å². The number of rotatable bonds is 6. The van der Waals surface area contributed by atoms with Gasteiger partial charge in [-0.1, -0.05) is 30.3 Å². The molecular weight excluding hydrogens is 458 g/mol. The zero-order chi connectivity index (χ0) is 26.0. The molecule has 3 aromatic rings. The first kappa shape index (κ1) is 25.1. The molecule has 2 N–H and O–H groups in total. The number of Topliss-reactive ketones (excluding diaryl/α,β-unsaturated/α-hetero) is 1. The number of hydrogen-bond donors (Lipinski definition) is 2. The maximum absolute atomic E-state index is 13.2. The smallest absolute Gasteiger partial charge is 0.295 e. The second-order valence-electron chi connectivity index (χ2n) is 10.2. The SMILES string of the molecule is CC1CN(C(=O)c2ccccc2)CCN1C(=O)C(=O)c1c[nH]c2c(NC(=O)C[N+](C)(C)C)cccc12. The zero-order valence-corrected chi connectivity index (χ0v) is 21.1. The molecule has 1 unspecified atom stereocenters. The Bertz CT molecular complexity index is 1310. The molecule has 3 amide bonds. The molecule has 2 heterocycles. The van der Waals surface area contributed by atoms with E-state index in [0.29, 0.717) is 39.7 Å². The first-order valence-corrected chi connectivity index (χ1v) is 11.9. The Hall–Kier alpha value is -3.98. The highest BCUT2D eigenvalue weighted by atomic mass is 16.2. The van der Waals surface area contributed by atoms with Gasteiger partial charge in [0.2, 0.25) is 0 Å². The number of aromatic amines is 1. The van der Waals surface area contributed by atoms with Gasteiger partial charge in [-0.25, -0.2) is 0 Å². The number of carbonyl (C=O) groups is 4. The fraction of sp³-hybridized carbons (Fsp3) is 0.333. The van der Waals surface area contributed by atoms with Crippen LogP contribution in [0.15, 0.2) is 54.7 Å². The molecule has 0 aliphatic carbocycles. The molecule has 1 atom stereocenters. The Kier molecular flexibility index (Phi) is 6.94. The second-order valence-corrected chi connectivity index (χ2v) is 10.2. The molecule has 2 aromatic carbocycles. The van der Waals surface area contributed by atoms with Crippen molar-refractivity contribution in [3.05, 3.63) is 65.9 Å². The number of para-hydroxylation sites is 1. The predicted octanol–water partition coefficient (Wildman–Crippen LogP) is 2.37. The lowest BCUT2D eigenvalue weighted by molar-refractivity contribution is -0.861. The third kappa shape index (κ3) is 5.31. The lowest BCUT2D eigenvalue weighted by atomic mass is 10.1. The van der Waals surface area contributed by atoms with Crippen molar-refractivity contribution in [2.24, 2.45) is 0 Å². The molecule has 1 saturated heterocycles. The van der Waals surface area contributed by atoms with Gasteiger partial charge in [0.05, 0.1) is 37.9 Å². The zero-order valence-electron chi connectivity index (χ0n) is 21.1. The summed E-state index contributed by atoms with van der Waals surface area (Å²) in [6, 6.07) is 14.0. The number of nitrogens with zero attached hydrogens (tertiary/aromatic N) is 3. The summed E-state index contributed by atoms with van der Waals surface area (Å²) < 4.78 is 0.479. The lowest BCUT2D eigenvalue weighted by Gasteiger charge is -2.39. The average Bonchev–Trinajstić information content (AvgIpc) is 3.27. The van der Waals surface area contributed by atoms with Crippen LogP contribution in [0.5, 0.6) is 0 Å². The fourth-order valence-corrected chi connectivity index (χ4v) is 4.52. The molecule has 1 aliphatic heterocycles. The molecule has 1 aliphatic rings. The Balaban J connectivity index is 1.47. The van der Waals surface area contributed by atoms with E-state index in [9.17, 15) is 19.2 Å². The second kappa shape index (κ2) is 9.94. The minimum atomic E-state index is -0.620. The summed E-state index contributed by atoms with van der Waals surface area (Å²) >= 11 is 0. The van der Waals surface area contributed by atoms with E-state index in [-0.39, 0.29) is 36.5 Å². The van der Waals surface area contributed by atoms with E-state index in [1.165, 1.54) is 11.1 Å².